The van der Waals surface area contributed by atoms with Gasteiger partial charge >= 0.3 is 122 Å². The van der Waals surface area contributed by atoms with E-state index in [1.165, 1.54) is 0 Å². The quantitative estimate of drug-likeness (QED) is 0.688. The van der Waals surface area contributed by atoms with Gasteiger partial charge in [0.2, 0.25) is 0 Å². The summed E-state index contributed by atoms with van der Waals surface area (Å²) in [5.74, 6) is 0. The fraction of sp³-hybridized carbons (Fsp3) is 0.143. The second-order valence-corrected chi connectivity index (χ2v) is 6.95. The van der Waals surface area contributed by atoms with E-state index in [0.29, 0.717) is 10.0 Å². The van der Waals surface area contributed by atoms with Crippen molar-refractivity contribution in [2.75, 3.05) is 19.0 Å². The third-order valence-electron chi connectivity index (χ3n) is 2.76. The van der Waals surface area contributed by atoms with Crippen molar-refractivity contribution >= 4 is 36.3 Å². The molecule has 0 aliphatic carbocycles. The van der Waals surface area contributed by atoms with Crippen LogP contribution in [0.2, 0.25) is 0 Å². The number of anilines is 1. The molecule has 0 amide bonds. The fourth-order valence-electron chi connectivity index (χ4n) is 1.60. The molecule has 1 unspecified atom stereocenters. The van der Waals surface area contributed by atoms with Gasteiger partial charge in [0.1, 0.15) is 0 Å². The third-order valence-corrected chi connectivity index (χ3v) is 4.50. The Balaban J connectivity index is 2.10. The monoisotopic (exact) mass is 333 g/mol. The Morgan fingerprint density at radius 3 is 1.75 bits per heavy atom. The van der Waals surface area contributed by atoms with Crippen LogP contribution in [0, 0.1) is 0 Å². The van der Waals surface area contributed by atoms with Gasteiger partial charge in [0.05, 0.1) is 0 Å². The average molecular weight is 333 g/mol. The SMILES string of the molecule is CN(C)c1ccc(N=Nc2ccc([AsH](=O)O)cc2)cc1. The van der Waals surface area contributed by atoms with E-state index in [1.54, 1.807) is 24.3 Å². The molecule has 0 saturated heterocycles. The predicted molar refractivity (Wildman–Crippen MR) is 81.1 cm³/mol. The summed E-state index contributed by atoms with van der Waals surface area (Å²) in [4.78, 5) is 2.01. The van der Waals surface area contributed by atoms with Crippen LogP contribution in [0.1, 0.15) is 0 Å². The zero-order chi connectivity index (χ0) is 14.5. The molecule has 6 heteroatoms. The van der Waals surface area contributed by atoms with Crippen LogP contribution < -0.4 is 9.25 Å². The van der Waals surface area contributed by atoms with Gasteiger partial charge in [0, 0.05) is 0 Å². The Hall–Kier alpha value is -1.84. The molecular weight excluding hydrogens is 317 g/mol. The first-order valence-corrected chi connectivity index (χ1v) is 8.93. The molecule has 1 N–H and O–H groups in total. The second-order valence-electron chi connectivity index (χ2n) is 4.46. The van der Waals surface area contributed by atoms with Crippen LogP contribution in [0.25, 0.3) is 0 Å². The van der Waals surface area contributed by atoms with Crippen molar-refractivity contribution in [3.8, 4) is 0 Å². The Bertz CT molecular complexity index is 622. The number of azo groups is 1. The molecule has 2 rings (SSSR count). The number of hydrogen-bond acceptors (Lipinski definition) is 4. The summed E-state index contributed by atoms with van der Waals surface area (Å²) in [5.41, 5.74) is 2.52. The minimum absolute atomic E-state index is 0.485. The molecule has 0 bridgehead atoms. The molecular formula is C14H16AsN3O2. The van der Waals surface area contributed by atoms with Crippen LogP contribution in [0.4, 0.5) is 17.1 Å². The van der Waals surface area contributed by atoms with Gasteiger partial charge in [-0.2, -0.15) is 0 Å². The van der Waals surface area contributed by atoms with Gasteiger partial charge in [-0.25, -0.2) is 0 Å². The summed E-state index contributed by atoms with van der Waals surface area (Å²) in [7, 11) is 3.96. The summed E-state index contributed by atoms with van der Waals surface area (Å²) in [6, 6.07) is 14.3. The zero-order valence-corrected chi connectivity index (χ0v) is 13.4. The van der Waals surface area contributed by atoms with Crippen molar-refractivity contribution < 1.29 is 7.84 Å². The van der Waals surface area contributed by atoms with Gasteiger partial charge in [-0.15, -0.1) is 0 Å². The number of benzene rings is 2. The maximum atomic E-state index is 11.0. The molecule has 0 fully saturated rings. The van der Waals surface area contributed by atoms with Crippen LogP contribution in [0.5, 0.6) is 0 Å². The number of rotatable bonds is 4. The topological polar surface area (TPSA) is 65.3 Å². The van der Waals surface area contributed by atoms with Gasteiger partial charge in [0.25, 0.3) is 0 Å². The van der Waals surface area contributed by atoms with Gasteiger partial charge in [-0.05, 0) is 0 Å². The third kappa shape index (κ3) is 3.82. The van der Waals surface area contributed by atoms with Gasteiger partial charge in [-0.3, -0.25) is 0 Å². The van der Waals surface area contributed by atoms with Gasteiger partial charge in [0.15, 0.2) is 0 Å². The molecule has 0 saturated carbocycles. The van der Waals surface area contributed by atoms with E-state index < -0.39 is 14.9 Å². The molecule has 0 radical (unpaired) electrons. The van der Waals surface area contributed by atoms with E-state index in [2.05, 4.69) is 10.2 Å². The van der Waals surface area contributed by atoms with Crippen LogP contribution in [-0.2, 0) is 3.74 Å². The Kier molecular flexibility index (Phi) is 4.77. The molecule has 1 atom stereocenters. The van der Waals surface area contributed by atoms with E-state index in [-0.39, 0.29) is 0 Å². The average Bonchev–Trinajstić information content (AvgIpc) is 2.46. The number of nitrogens with zero attached hydrogens (tertiary/aromatic N) is 3. The van der Waals surface area contributed by atoms with E-state index in [0.717, 1.165) is 11.4 Å². The first kappa shape index (κ1) is 14.6. The molecule has 2 aromatic carbocycles. The fourth-order valence-corrected chi connectivity index (χ4v) is 2.55. The zero-order valence-electron chi connectivity index (χ0n) is 11.3. The molecule has 0 spiro atoms. The second kappa shape index (κ2) is 6.55. The van der Waals surface area contributed by atoms with E-state index >= 15 is 0 Å². The van der Waals surface area contributed by atoms with Crippen LogP contribution >= 0.6 is 0 Å². The summed E-state index contributed by atoms with van der Waals surface area (Å²) in [6.07, 6.45) is 0. The Morgan fingerprint density at radius 2 is 1.35 bits per heavy atom. The standard InChI is InChI=1S/C14H16AsN3O2/c1-18(2)14-9-7-13(8-10-14)17-16-12-5-3-11(4-6-12)15(19)20/h3-10,15H,1-2H3,(H,19,20). The molecule has 2 aromatic rings. The van der Waals surface area contributed by atoms with Gasteiger partial charge in [-0.1, -0.05) is 0 Å². The van der Waals surface area contributed by atoms with Crippen molar-refractivity contribution in [2.24, 2.45) is 10.2 Å². The molecule has 0 heterocycles. The first-order chi connectivity index (χ1) is 9.56. The minimum atomic E-state index is -3.22. The summed E-state index contributed by atoms with van der Waals surface area (Å²) in [6.45, 7) is 0. The van der Waals surface area contributed by atoms with Crippen LogP contribution in [0.3, 0.4) is 0 Å². The molecule has 104 valence electrons. The maximum absolute atomic E-state index is 11.0. The Labute approximate surface area is 122 Å². The van der Waals surface area contributed by atoms with Crippen LogP contribution in [-0.4, -0.2) is 33.1 Å². The predicted octanol–water partition coefficient (Wildman–Crippen LogP) is 2.02. The summed E-state index contributed by atoms with van der Waals surface area (Å²) in [5, 5.41) is 8.23. The Morgan fingerprint density at radius 1 is 0.900 bits per heavy atom. The molecule has 0 aliphatic rings. The van der Waals surface area contributed by atoms with Gasteiger partial charge < -0.3 is 0 Å². The van der Waals surface area contributed by atoms with Crippen LogP contribution in [0.15, 0.2) is 58.8 Å². The van der Waals surface area contributed by atoms with E-state index in [1.807, 2.05) is 43.3 Å². The van der Waals surface area contributed by atoms with Crippen molar-refractivity contribution in [3.05, 3.63) is 48.5 Å². The molecule has 5 nitrogen and oxygen atoms in total. The van der Waals surface area contributed by atoms with E-state index in [4.69, 9.17) is 4.10 Å². The van der Waals surface area contributed by atoms with Crippen molar-refractivity contribution in [1.82, 2.24) is 0 Å². The van der Waals surface area contributed by atoms with Crippen molar-refractivity contribution in [3.63, 3.8) is 0 Å². The molecule has 20 heavy (non-hydrogen) atoms. The summed E-state index contributed by atoms with van der Waals surface area (Å²) < 4.78 is 20.5. The summed E-state index contributed by atoms with van der Waals surface area (Å²) >= 11 is -3.22. The first-order valence-electron chi connectivity index (χ1n) is 6.09. The number of hydrogen-bond donors (Lipinski definition) is 1. The van der Waals surface area contributed by atoms with Crippen molar-refractivity contribution in [1.29, 1.82) is 0 Å². The molecule has 0 aromatic heterocycles. The van der Waals surface area contributed by atoms with E-state index in [9.17, 15) is 3.74 Å². The molecule has 0 aliphatic heterocycles. The normalized spacial score (nSPS) is 12.6. The van der Waals surface area contributed by atoms with Crippen molar-refractivity contribution in [2.45, 2.75) is 0 Å².